The Morgan fingerprint density at radius 2 is 1.39 bits per heavy atom. The number of carbonyl (C=O) groups is 1. The molecule has 0 saturated carbocycles. The van der Waals surface area contributed by atoms with Crippen LogP contribution in [0.1, 0.15) is 23.6 Å². The Balaban J connectivity index is 1.58. The molecule has 0 amide bonds. The summed E-state index contributed by atoms with van der Waals surface area (Å²) in [7, 11) is 1.67. The first-order valence-electron chi connectivity index (χ1n) is 13.1. The van der Waals surface area contributed by atoms with Crippen LogP contribution >= 0.6 is 0 Å². The van der Waals surface area contributed by atoms with Crippen LogP contribution in [0.5, 0.6) is 5.75 Å². The fourth-order valence-corrected chi connectivity index (χ4v) is 4.45. The summed E-state index contributed by atoms with van der Waals surface area (Å²) in [5.74, 6) is 0.646. The topological polar surface area (TPSA) is 38.8 Å². The van der Waals surface area contributed by atoms with Crippen LogP contribution in [0.15, 0.2) is 115 Å². The predicted molar refractivity (Wildman–Crippen MR) is 155 cm³/mol. The van der Waals surface area contributed by atoms with Crippen LogP contribution in [0.2, 0.25) is 0 Å². The van der Waals surface area contributed by atoms with E-state index in [4.69, 9.17) is 9.47 Å². The summed E-state index contributed by atoms with van der Waals surface area (Å²) in [4.78, 5) is 15.4. The standard InChI is InChI=1S/C34H35NO3/c1-3-38-34(36)33(25-28-13-8-5-9-14-28)35(24-10-15-27-11-6-4-7-12-27)26-29-16-18-30(19-17-29)31-20-22-32(37-2)23-21-31/h4-23,33H,3,24-26H2,1-2H3/b15-10+. The zero-order chi connectivity index (χ0) is 26.6. The molecule has 0 radical (unpaired) electrons. The van der Waals surface area contributed by atoms with Gasteiger partial charge in [0.15, 0.2) is 0 Å². The molecule has 4 rings (SSSR count). The Bertz CT molecular complexity index is 1280. The first kappa shape index (κ1) is 26.9. The maximum Gasteiger partial charge on any atom is 0.323 e. The van der Waals surface area contributed by atoms with Crippen molar-refractivity contribution in [2.45, 2.75) is 25.9 Å². The lowest BCUT2D eigenvalue weighted by atomic mass is 10.0. The molecule has 1 unspecified atom stereocenters. The first-order chi connectivity index (χ1) is 18.7. The normalized spacial score (nSPS) is 12.0. The molecule has 1 atom stereocenters. The van der Waals surface area contributed by atoms with Gasteiger partial charge in [-0.1, -0.05) is 109 Å². The molecule has 4 heteroatoms. The average molecular weight is 506 g/mol. The lowest BCUT2D eigenvalue weighted by Crippen LogP contribution is -2.43. The van der Waals surface area contributed by atoms with Gasteiger partial charge in [0, 0.05) is 13.1 Å². The minimum absolute atomic E-state index is 0.195. The van der Waals surface area contributed by atoms with Crippen LogP contribution in [0.25, 0.3) is 17.2 Å². The molecule has 4 aromatic carbocycles. The van der Waals surface area contributed by atoms with Crippen molar-refractivity contribution in [3.63, 3.8) is 0 Å². The Kier molecular flexibility index (Phi) is 9.89. The van der Waals surface area contributed by atoms with Crippen molar-refractivity contribution in [2.75, 3.05) is 20.3 Å². The highest BCUT2D eigenvalue weighted by atomic mass is 16.5. The van der Waals surface area contributed by atoms with Crippen LogP contribution in [0, 0.1) is 0 Å². The molecule has 0 fully saturated rings. The van der Waals surface area contributed by atoms with Crippen molar-refractivity contribution >= 4 is 12.0 Å². The molecule has 38 heavy (non-hydrogen) atoms. The molecule has 0 N–H and O–H groups in total. The van der Waals surface area contributed by atoms with Crippen LogP contribution in [-0.4, -0.2) is 37.2 Å². The van der Waals surface area contributed by atoms with Crippen molar-refractivity contribution in [1.82, 2.24) is 4.90 Å². The van der Waals surface area contributed by atoms with Crippen molar-refractivity contribution in [1.29, 1.82) is 0 Å². The quantitative estimate of drug-likeness (QED) is 0.193. The number of methoxy groups -OCH3 is 1. The number of carbonyl (C=O) groups excluding carboxylic acids is 1. The van der Waals surface area contributed by atoms with Gasteiger partial charge in [-0.2, -0.15) is 0 Å². The average Bonchev–Trinajstić information content (AvgIpc) is 2.97. The molecule has 0 aliphatic rings. The van der Waals surface area contributed by atoms with Crippen LogP contribution < -0.4 is 4.74 Å². The second-order valence-corrected chi connectivity index (χ2v) is 9.13. The van der Waals surface area contributed by atoms with E-state index in [1.807, 2.05) is 55.5 Å². The fraction of sp³-hybridized carbons (Fsp3) is 0.206. The van der Waals surface area contributed by atoms with E-state index in [2.05, 4.69) is 77.7 Å². The molecule has 0 spiro atoms. The van der Waals surface area contributed by atoms with E-state index in [1.54, 1.807) is 7.11 Å². The van der Waals surface area contributed by atoms with E-state index in [0.717, 1.165) is 33.6 Å². The van der Waals surface area contributed by atoms with Gasteiger partial charge in [-0.3, -0.25) is 9.69 Å². The third kappa shape index (κ3) is 7.67. The largest absolute Gasteiger partial charge is 0.497 e. The van der Waals surface area contributed by atoms with Gasteiger partial charge < -0.3 is 9.47 Å². The Labute approximate surface area is 226 Å². The highest BCUT2D eigenvalue weighted by Gasteiger charge is 2.27. The SMILES string of the molecule is CCOC(=O)C(Cc1ccccc1)N(C/C=C/c1ccccc1)Cc1ccc(-c2ccc(OC)cc2)cc1. The number of ether oxygens (including phenoxy) is 2. The van der Waals surface area contributed by atoms with Gasteiger partial charge in [-0.05, 0) is 53.3 Å². The molecule has 0 saturated heterocycles. The summed E-state index contributed by atoms with van der Waals surface area (Å²) in [5, 5.41) is 0. The van der Waals surface area contributed by atoms with Gasteiger partial charge in [-0.15, -0.1) is 0 Å². The zero-order valence-electron chi connectivity index (χ0n) is 22.1. The van der Waals surface area contributed by atoms with Crippen molar-refractivity contribution in [3.8, 4) is 16.9 Å². The molecular weight excluding hydrogens is 470 g/mol. The van der Waals surface area contributed by atoms with Crippen molar-refractivity contribution < 1.29 is 14.3 Å². The lowest BCUT2D eigenvalue weighted by Gasteiger charge is -2.29. The van der Waals surface area contributed by atoms with E-state index >= 15 is 0 Å². The van der Waals surface area contributed by atoms with Gasteiger partial charge in [0.1, 0.15) is 11.8 Å². The zero-order valence-corrected chi connectivity index (χ0v) is 22.1. The van der Waals surface area contributed by atoms with Gasteiger partial charge in [0.05, 0.1) is 13.7 Å². The number of benzene rings is 4. The van der Waals surface area contributed by atoms with E-state index in [9.17, 15) is 4.79 Å². The molecule has 4 aromatic rings. The highest BCUT2D eigenvalue weighted by Crippen LogP contribution is 2.24. The molecule has 0 bridgehead atoms. The van der Waals surface area contributed by atoms with Crippen molar-refractivity contribution in [3.05, 3.63) is 132 Å². The van der Waals surface area contributed by atoms with E-state index in [0.29, 0.717) is 26.1 Å². The predicted octanol–water partition coefficient (Wildman–Crippen LogP) is 7.05. The smallest absolute Gasteiger partial charge is 0.323 e. The summed E-state index contributed by atoms with van der Waals surface area (Å²) in [6.45, 7) is 3.45. The number of nitrogens with zero attached hydrogens (tertiary/aromatic N) is 1. The Hall–Kier alpha value is -4.15. The first-order valence-corrected chi connectivity index (χ1v) is 13.1. The number of rotatable bonds is 12. The molecule has 194 valence electrons. The lowest BCUT2D eigenvalue weighted by molar-refractivity contribution is -0.149. The molecule has 0 heterocycles. The van der Waals surface area contributed by atoms with Gasteiger partial charge >= 0.3 is 5.97 Å². The summed E-state index contributed by atoms with van der Waals surface area (Å²) >= 11 is 0. The number of hydrogen-bond donors (Lipinski definition) is 0. The van der Waals surface area contributed by atoms with E-state index in [-0.39, 0.29) is 5.97 Å². The summed E-state index contributed by atoms with van der Waals surface area (Å²) in [6.07, 6.45) is 4.81. The van der Waals surface area contributed by atoms with Gasteiger partial charge in [0.2, 0.25) is 0 Å². The Morgan fingerprint density at radius 3 is 2.00 bits per heavy atom. The monoisotopic (exact) mass is 505 g/mol. The van der Waals surface area contributed by atoms with Gasteiger partial charge in [-0.25, -0.2) is 0 Å². The third-order valence-electron chi connectivity index (χ3n) is 6.48. The number of hydrogen-bond acceptors (Lipinski definition) is 4. The fourth-order valence-electron chi connectivity index (χ4n) is 4.45. The van der Waals surface area contributed by atoms with E-state index in [1.165, 1.54) is 0 Å². The molecule has 0 aliphatic carbocycles. The highest BCUT2D eigenvalue weighted by molar-refractivity contribution is 5.76. The van der Waals surface area contributed by atoms with E-state index < -0.39 is 6.04 Å². The molecule has 4 nitrogen and oxygen atoms in total. The molecule has 0 aliphatic heterocycles. The maximum atomic E-state index is 13.2. The van der Waals surface area contributed by atoms with Crippen LogP contribution in [0.4, 0.5) is 0 Å². The minimum atomic E-state index is -0.404. The second kappa shape index (κ2) is 14.0. The van der Waals surface area contributed by atoms with Crippen LogP contribution in [0.3, 0.4) is 0 Å². The third-order valence-corrected chi connectivity index (χ3v) is 6.48. The Morgan fingerprint density at radius 1 is 0.789 bits per heavy atom. The maximum absolute atomic E-state index is 13.2. The second-order valence-electron chi connectivity index (χ2n) is 9.13. The summed E-state index contributed by atoms with van der Waals surface area (Å²) in [5.41, 5.74) is 5.65. The molecule has 0 aromatic heterocycles. The van der Waals surface area contributed by atoms with Crippen LogP contribution in [-0.2, 0) is 22.5 Å². The summed E-state index contributed by atoms with van der Waals surface area (Å²) < 4.78 is 10.8. The van der Waals surface area contributed by atoms with Gasteiger partial charge in [0.25, 0.3) is 0 Å². The summed E-state index contributed by atoms with van der Waals surface area (Å²) in [6, 6.07) is 36.5. The minimum Gasteiger partial charge on any atom is -0.497 e. The molecular formula is C34H35NO3. The number of esters is 1. The van der Waals surface area contributed by atoms with Crippen molar-refractivity contribution in [2.24, 2.45) is 0 Å².